The van der Waals surface area contributed by atoms with E-state index in [-0.39, 0.29) is 0 Å². The van der Waals surface area contributed by atoms with Crippen LogP contribution in [0.25, 0.3) is 88.5 Å². The molecule has 1 atom stereocenters. The van der Waals surface area contributed by atoms with Gasteiger partial charge in [-0.05, 0) is 96.9 Å². The number of aromatic nitrogens is 2. The van der Waals surface area contributed by atoms with E-state index in [4.69, 9.17) is 9.97 Å². The van der Waals surface area contributed by atoms with Crippen LogP contribution in [0.3, 0.4) is 0 Å². The normalized spacial score (nSPS) is 14.3. The lowest BCUT2D eigenvalue weighted by Crippen LogP contribution is -2.14. The van der Waals surface area contributed by atoms with Crippen molar-refractivity contribution in [1.82, 2.24) is 9.97 Å². The highest BCUT2D eigenvalue weighted by Gasteiger charge is 2.34. The fourth-order valence-electron chi connectivity index (χ4n) is 9.69. The van der Waals surface area contributed by atoms with E-state index in [0.717, 1.165) is 40.1 Å². The molecule has 1 aliphatic carbocycles. The summed E-state index contributed by atoms with van der Waals surface area (Å²) < 4.78 is 0. The van der Waals surface area contributed by atoms with Gasteiger partial charge in [0.1, 0.15) is 0 Å². The third-order valence-corrected chi connectivity index (χ3v) is 12.6. The van der Waals surface area contributed by atoms with E-state index >= 15 is 0 Å². The third kappa shape index (κ3) is 5.97. The summed E-state index contributed by atoms with van der Waals surface area (Å²) in [5.41, 5.74) is 15.0. The highest BCUT2D eigenvalue weighted by atomic mass is 15.2. The van der Waals surface area contributed by atoms with Crippen LogP contribution in [-0.2, 0) is 0 Å². The fourth-order valence-corrected chi connectivity index (χ4v) is 9.69. The molecule has 0 saturated heterocycles. The van der Waals surface area contributed by atoms with Gasteiger partial charge in [-0.3, -0.25) is 0 Å². The monoisotopic (exact) mass is 777 g/mol. The van der Waals surface area contributed by atoms with Gasteiger partial charge in [0.15, 0.2) is 5.82 Å². The average Bonchev–Trinajstić information content (AvgIpc) is 3.67. The van der Waals surface area contributed by atoms with Crippen molar-refractivity contribution >= 4 is 43.7 Å². The molecule has 1 aliphatic heterocycles. The second-order valence-electron chi connectivity index (χ2n) is 16.0. The molecule has 1 unspecified atom stereocenters. The van der Waals surface area contributed by atoms with Crippen LogP contribution in [0.1, 0.15) is 17.9 Å². The van der Waals surface area contributed by atoms with Crippen molar-refractivity contribution < 1.29 is 0 Å². The van der Waals surface area contributed by atoms with Crippen LogP contribution in [0.4, 0.5) is 11.4 Å². The standard InChI is InChI=1S/C58H39N3/c1-3-17-44-38(13-1)15-11-23-50(44)54-37-55(51-24-12-16-39-14-2-4-18-45(39)51)60-58(59-54)42-29-27-40(28-30-42)46-35-36-47(49-20-6-5-19-48(46)49)41-31-33-43(34-32-41)61-56-25-9-7-21-52(56)53-22-8-10-26-57(53)61/h1-21,23-37,53H,22H2. The summed E-state index contributed by atoms with van der Waals surface area (Å²) in [6, 6.07) is 72.1. The van der Waals surface area contributed by atoms with Crippen molar-refractivity contribution in [2.45, 2.75) is 12.3 Å². The number of hydrogen-bond acceptors (Lipinski definition) is 3. The van der Waals surface area contributed by atoms with Gasteiger partial charge in [0.2, 0.25) is 0 Å². The molecule has 2 heterocycles. The molecule has 1 aromatic heterocycles. The van der Waals surface area contributed by atoms with Crippen molar-refractivity contribution in [3.8, 4) is 56.2 Å². The molecule has 0 fully saturated rings. The molecule has 3 heteroatoms. The number of fused-ring (bicyclic) bond motifs is 6. The van der Waals surface area contributed by atoms with Crippen LogP contribution in [0.5, 0.6) is 0 Å². The van der Waals surface area contributed by atoms with E-state index in [1.54, 1.807) is 0 Å². The molecule has 0 bridgehead atoms. The number of anilines is 2. The summed E-state index contributed by atoms with van der Waals surface area (Å²) in [5.74, 6) is 1.11. The van der Waals surface area contributed by atoms with Gasteiger partial charge in [0, 0.05) is 39.7 Å². The molecule has 0 N–H and O–H groups in total. The number of benzene rings is 9. The van der Waals surface area contributed by atoms with Gasteiger partial charge in [0.25, 0.3) is 0 Å². The van der Waals surface area contributed by atoms with Gasteiger partial charge in [-0.1, -0.05) is 188 Å². The molecule has 9 aromatic carbocycles. The topological polar surface area (TPSA) is 29.0 Å². The largest absolute Gasteiger partial charge is 0.313 e. The lowest BCUT2D eigenvalue weighted by molar-refractivity contribution is 0.819. The van der Waals surface area contributed by atoms with Crippen molar-refractivity contribution in [2.75, 3.05) is 4.90 Å². The molecular formula is C58H39N3. The van der Waals surface area contributed by atoms with E-state index in [0.29, 0.717) is 11.7 Å². The van der Waals surface area contributed by atoms with Gasteiger partial charge in [-0.25, -0.2) is 9.97 Å². The Morgan fingerprint density at radius 1 is 0.426 bits per heavy atom. The van der Waals surface area contributed by atoms with Crippen molar-refractivity contribution in [3.05, 3.63) is 230 Å². The fraction of sp³-hybridized carbons (Fsp3) is 0.0345. The maximum atomic E-state index is 5.27. The number of para-hydroxylation sites is 1. The first-order valence-electron chi connectivity index (χ1n) is 21.1. The minimum Gasteiger partial charge on any atom is -0.313 e. The summed E-state index contributed by atoms with van der Waals surface area (Å²) in [6.45, 7) is 0. The Morgan fingerprint density at radius 2 is 0.934 bits per heavy atom. The Balaban J connectivity index is 0.914. The van der Waals surface area contributed by atoms with Crippen LogP contribution in [0.15, 0.2) is 224 Å². The maximum Gasteiger partial charge on any atom is 0.160 e. The van der Waals surface area contributed by atoms with Crippen molar-refractivity contribution in [1.29, 1.82) is 0 Å². The second-order valence-corrected chi connectivity index (χ2v) is 16.0. The lowest BCUT2D eigenvalue weighted by atomic mass is 9.91. The Hall–Kier alpha value is -7.88. The van der Waals surface area contributed by atoms with E-state index in [9.17, 15) is 0 Å². The number of nitrogens with zero attached hydrogens (tertiary/aromatic N) is 3. The van der Waals surface area contributed by atoms with Gasteiger partial charge in [0.05, 0.1) is 11.4 Å². The van der Waals surface area contributed by atoms with Gasteiger partial charge >= 0.3 is 0 Å². The average molecular weight is 778 g/mol. The van der Waals surface area contributed by atoms with Crippen LogP contribution in [0, 0.1) is 0 Å². The van der Waals surface area contributed by atoms with Gasteiger partial charge < -0.3 is 4.90 Å². The minimum atomic E-state index is 0.409. The number of allylic oxidation sites excluding steroid dienone is 4. The first-order valence-corrected chi connectivity index (χ1v) is 21.1. The van der Waals surface area contributed by atoms with Crippen LogP contribution >= 0.6 is 0 Å². The van der Waals surface area contributed by atoms with E-state index in [2.05, 4.69) is 223 Å². The first-order chi connectivity index (χ1) is 30.2. The van der Waals surface area contributed by atoms with Crippen molar-refractivity contribution in [3.63, 3.8) is 0 Å². The third-order valence-electron chi connectivity index (χ3n) is 12.6. The molecule has 12 rings (SSSR count). The Morgan fingerprint density at radius 3 is 1.56 bits per heavy atom. The predicted molar refractivity (Wildman–Crippen MR) is 255 cm³/mol. The zero-order chi connectivity index (χ0) is 40.3. The molecule has 3 nitrogen and oxygen atoms in total. The summed E-state index contributed by atoms with van der Waals surface area (Å²) in [6.07, 6.45) is 7.80. The first kappa shape index (κ1) is 35.1. The highest BCUT2D eigenvalue weighted by Crippen LogP contribution is 2.50. The molecule has 0 saturated carbocycles. The predicted octanol–water partition coefficient (Wildman–Crippen LogP) is 15.4. The summed E-state index contributed by atoms with van der Waals surface area (Å²) in [5, 5.41) is 7.17. The smallest absolute Gasteiger partial charge is 0.160 e. The summed E-state index contributed by atoms with van der Waals surface area (Å²) in [4.78, 5) is 13.0. The minimum absolute atomic E-state index is 0.409. The quantitative estimate of drug-likeness (QED) is 0.168. The summed E-state index contributed by atoms with van der Waals surface area (Å²) in [7, 11) is 0. The van der Waals surface area contributed by atoms with Gasteiger partial charge in [-0.15, -0.1) is 0 Å². The van der Waals surface area contributed by atoms with Crippen LogP contribution in [0.2, 0.25) is 0 Å². The maximum absolute atomic E-state index is 5.27. The van der Waals surface area contributed by atoms with E-state index in [1.165, 1.54) is 71.6 Å². The van der Waals surface area contributed by atoms with Crippen molar-refractivity contribution in [2.24, 2.45) is 0 Å². The zero-order valence-electron chi connectivity index (χ0n) is 33.4. The number of rotatable bonds is 6. The molecular weight excluding hydrogens is 739 g/mol. The van der Waals surface area contributed by atoms with E-state index < -0.39 is 0 Å². The lowest BCUT2D eigenvalue weighted by Gasteiger charge is -2.25. The molecule has 2 aliphatic rings. The Kier molecular flexibility index (Phi) is 8.31. The molecule has 0 radical (unpaired) electrons. The van der Waals surface area contributed by atoms with Crippen LogP contribution in [-0.4, -0.2) is 9.97 Å². The molecule has 0 spiro atoms. The van der Waals surface area contributed by atoms with Gasteiger partial charge in [-0.2, -0.15) is 0 Å². The molecule has 0 amide bonds. The SMILES string of the molecule is C1=CCC2C(=C1)N(c1ccc(-c3ccc(-c4ccc(-c5nc(-c6cccc7ccccc67)cc(-c6cccc7ccccc67)n5)cc4)c4ccccc34)cc1)c1ccccc12. The highest BCUT2D eigenvalue weighted by molar-refractivity contribution is 6.05. The Bertz CT molecular complexity index is 3290. The molecule has 10 aromatic rings. The number of hydrogen-bond donors (Lipinski definition) is 0. The molecule has 286 valence electrons. The van der Waals surface area contributed by atoms with E-state index in [1.807, 2.05) is 0 Å². The molecule has 61 heavy (non-hydrogen) atoms. The second kappa shape index (κ2) is 14.4. The van der Waals surface area contributed by atoms with Crippen LogP contribution < -0.4 is 4.90 Å². The Labute approximate surface area is 355 Å². The summed E-state index contributed by atoms with van der Waals surface area (Å²) >= 11 is 0. The zero-order valence-corrected chi connectivity index (χ0v) is 33.4.